The van der Waals surface area contributed by atoms with Gasteiger partial charge in [-0.3, -0.25) is 9.58 Å². The molecule has 0 amide bonds. The van der Waals surface area contributed by atoms with Crippen LogP contribution in [0.3, 0.4) is 0 Å². The molecular weight excluding hydrogens is 314 g/mol. The van der Waals surface area contributed by atoms with Gasteiger partial charge in [-0.1, -0.05) is 12.1 Å². The Morgan fingerprint density at radius 1 is 1.20 bits per heavy atom. The summed E-state index contributed by atoms with van der Waals surface area (Å²) in [7, 11) is 1.71. The van der Waals surface area contributed by atoms with Gasteiger partial charge in [0.1, 0.15) is 5.75 Å². The van der Waals surface area contributed by atoms with E-state index in [1.54, 1.807) is 7.11 Å². The van der Waals surface area contributed by atoms with Crippen molar-refractivity contribution in [3.63, 3.8) is 0 Å². The molecule has 2 aromatic rings. The zero-order valence-electron chi connectivity index (χ0n) is 15.3. The minimum Gasteiger partial charge on any atom is -0.497 e. The lowest BCUT2D eigenvalue weighted by molar-refractivity contribution is 0.0665. The van der Waals surface area contributed by atoms with Crippen LogP contribution in [0.5, 0.6) is 5.75 Å². The number of aliphatic hydroxyl groups is 1. The van der Waals surface area contributed by atoms with Crippen molar-refractivity contribution in [1.82, 2.24) is 14.7 Å². The summed E-state index contributed by atoms with van der Waals surface area (Å²) in [5.41, 5.74) is 2.50. The van der Waals surface area contributed by atoms with E-state index in [-0.39, 0.29) is 6.10 Å². The molecule has 0 radical (unpaired) electrons. The maximum atomic E-state index is 9.84. The number of aromatic nitrogens is 2. The van der Waals surface area contributed by atoms with Gasteiger partial charge in [-0.2, -0.15) is 5.10 Å². The lowest BCUT2D eigenvalue weighted by atomic mass is 9.91. The second-order valence-electron chi connectivity index (χ2n) is 6.92. The normalized spacial score (nSPS) is 20.8. The molecule has 0 unspecified atom stereocenters. The minimum absolute atomic E-state index is 0.127. The standard InChI is InChI=1S/C20H29N3O2/c1-3-23-15-17(12-21-23)14-22(18-7-9-19(24)10-8-18)13-16-5-4-6-20(11-16)25-2/h4-6,11-12,15,18-19,24H,3,7-10,13-14H2,1-2H3. The molecule has 5 heteroatoms. The van der Waals surface area contributed by atoms with Crippen LogP contribution in [-0.4, -0.2) is 39.0 Å². The third-order valence-electron chi connectivity index (χ3n) is 5.10. The summed E-state index contributed by atoms with van der Waals surface area (Å²) in [4.78, 5) is 2.53. The Balaban J connectivity index is 1.75. The molecule has 0 spiro atoms. The number of benzene rings is 1. The zero-order valence-corrected chi connectivity index (χ0v) is 15.3. The second-order valence-corrected chi connectivity index (χ2v) is 6.92. The summed E-state index contributed by atoms with van der Waals surface area (Å²) >= 11 is 0. The van der Waals surface area contributed by atoms with Crippen molar-refractivity contribution in [2.75, 3.05) is 7.11 Å². The quantitative estimate of drug-likeness (QED) is 0.839. The summed E-state index contributed by atoms with van der Waals surface area (Å²) in [5, 5.41) is 14.3. The van der Waals surface area contributed by atoms with Crippen molar-refractivity contribution in [2.45, 2.75) is 64.4 Å². The second kappa shape index (κ2) is 8.50. The molecular formula is C20H29N3O2. The van der Waals surface area contributed by atoms with Gasteiger partial charge in [-0.25, -0.2) is 0 Å². The first-order chi connectivity index (χ1) is 12.2. The van der Waals surface area contributed by atoms with Crippen LogP contribution in [0.1, 0.15) is 43.7 Å². The molecule has 1 aromatic carbocycles. The predicted octanol–water partition coefficient (Wildman–Crippen LogP) is 3.22. The molecule has 0 bridgehead atoms. The third-order valence-corrected chi connectivity index (χ3v) is 5.10. The van der Waals surface area contributed by atoms with E-state index >= 15 is 0 Å². The highest BCUT2D eigenvalue weighted by atomic mass is 16.5. The Kier molecular flexibility index (Phi) is 6.10. The Morgan fingerprint density at radius 3 is 2.64 bits per heavy atom. The highest BCUT2D eigenvalue weighted by Gasteiger charge is 2.25. The van der Waals surface area contributed by atoms with E-state index in [1.807, 2.05) is 23.0 Å². The van der Waals surface area contributed by atoms with Crippen LogP contribution >= 0.6 is 0 Å². The van der Waals surface area contributed by atoms with Gasteiger partial charge in [-0.05, 0) is 50.3 Å². The van der Waals surface area contributed by atoms with Crippen molar-refractivity contribution >= 4 is 0 Å². The van der Waals surface area contributed by atoms with Crippen LogP contribution in [0.25, 0.3) is 0 Å². The number of hydrogen-bond donors (Lipinski definition) is 1. The molecule has 1 aromatic heterocycles. The molecule has 1 N–H and O–H groups in total. The van der Waals surface area contributed by atoms with E-state index in [2.05, 4.69) is 35.3 Å². The maximum Gasteiger partial charge on any atom is 0.119 e. The fourth-order valence-corrected chi connectivity index (χ4v) is 3.64. The molecule has 1 fully saturated rings. The lowest BCUT2D eigenvalue weighted by Gasteiger charge is -2.35. The molecule has 25 heavy (non-hydrogen) atoms. The van der Waals surface area contributed by atoms with Gasteiger partial charge in [0.25, 0.3) is 0 Å². The van der Waals surface area contributed by atoms with Gasteiger partial charge in [0, 0.05) is 37.4 Å². The van der Waals surface area contributed by atoms with Gasteiger partial charge in [0.2, 0.25) is 0 Å². The van der Waals surface area contributed by atoms with Crippen molar-refractivity contribution < 1.29 is 9.84 Å². The largest absolute Gasteiger partial charge is 0.497 e. The number of aliphatic hydroxyl groups excluding tert-OH is 1. The fraction of sp³-hybridized carbons (Fsp3) is 0.550. The molecule has 0 aliphatic heterocycles. The van der Waals surface area contributed by atoms with Crippen LogP contribution in [0.15, 0.2) is 36.7 Å². The molecule has 0 atom stereocenters. The zero-order chi connectivity index (χ0) is 17.6. The van der Waals surface area contributed by atoms with Crippen LogP contribution in [-0.2, 0) is 19.6 Å². The van der Waals surface area contributed by atoms with E-state index in [9.17, 15) is 5.11 Å². The van der Waals surface area contributed by atoms with E-state index in [1.165, 1.54) is 11.1 Å². The summed E-state index contributed by atoms with van der Waals surface area (Å²) in [6.45, 7) is 4.77. The van der Waals surface area contributed by atoms with Crippen molar-refractivity contribution in [1.29, 1.82) is 0 Å². The number of aryl methyl sites for hydroxylation is 1. The Bertz CT molecular complexity index is 662. The number of rotatable bonds is 7. The number of ether oxygens (including phenoxy) is 1. The predicted molar refractivity (Wildman–Crippen MR) is 98.4 cm³/mol. The molecule has 136 valence electrons. The average Bonchev–Trinajstić information content (AvgIpc) is 3.10. The summed E-state index contributed by atoms with van der Waals surface area (Å²) in [5.74, 6) is 0.898. The smallest absolute Gasteiger partial charge is 0.119 e. The van der Waals surface area contributed by atoms with Crippen molar-refractivity contribution in [2.24, 2.45) is 0 Å². The lowest BCUT2D eigenvalue weighted by Crippen LogP contribution is -2.38. The van der Waals surface area contributed by atoms with E-state index in [0.29, 0.717) is 6.04 Å². The Labute approximate surface area is 150 Å². The Hall–Kier alpha value is -1.85. The summed E-state index contributed by atoms with van der Waals surface area (Å²) < 4.78 is 7.34. The third kappa shape index (κ3) is 4.83. The molecule has 3 rings (SSSR count). The molecule has 1 saturated carbocycles. The number of nitrogens with zero attached hydrogens (tertiary/aromatic N) is 3. The van der Waals surface area contributed by atoms with E-state index in [0.717, 1.165) is 51.1 Å². The highest BCUT2D eigenvalue weighted by molar-refractivity contribution is 5.28. The van der Waals surface area contributed by atoms with Crippen LogP contribution in [0, 0.1) is 0 Å². The van der Waals surface area contributed by atoms with Gasteiger partial charge in [-0.15, -0.1) is 0 Å². The van der Waals surface area contributed by atoms with E-state index < -0.39 is 0 Å². The fourth-order valence-electron chi connectivity index (χ4n) is 3.64. The molecule has 1 heterocycles. The van der Waals surface area contributed by atoms with Gasteiger partial charge >= 0.3 is 0 Å². The SMILES string of the molecule is CCn1cc(CN(Cc2cccc(OC)c2)C2CCC(O)CC2)cn1. The number of hydrogen-bond acceptors (Lipinski definition) is 4. The summed E-state index contributed by atoms with van der Waals surface area (Å²) in [6.07, 6.45) is 7.87. The first-order valence-corrected chi connectivity index (χ1v) is 9.24. The van der Waals surface area contributed by atoms with Gasteiger partial charge < -0.3 is 9.84 Å². The minimum atomic E-state index is -0.127. The van der Waals surface area contributed by atoms with Crippen LogP contribution in [0.2, 0.25) is 0 Å². The van der Waals surface area contributed by atoms with Crippen LogP contribution in [0.4, 0.5) is 0 Å². The van der Waals surface area contributed by atoms with Crippen LogP contribution < -0.4 is 4.74 Å². The van der Waals surface area contributed by atoms with Crippen molar-refractivity contribution in [3.05, 3.63) is 47.8 Å². The molecule has 0 saturated heterocycles. The molecule has 1 aliphatic rings. The maximum absolute atomic E-state index is 9.84. The first-order valence-electron chi connectivity index (χ1n) is 9.24. The van der Waals surface area contributed by atoms with Crippen molar-refractivity contribution in [3.8, 4) is 5.75 Å². The van der Waals surface area contributed by atoms with Gasteiger partial charge in [0.15, 0.2) is 0 Å². The Morgan fingerprint density at radius 2 is 1.96 bits per heavy atom. The number of methoxy groups -OCH3 is 1. The molecule has 5 nitrogen and oxygen atoms in total. The van der Waals surface area contributed by atoms with Gasteiger partial charge in [0.05, 0.1) is 19.4 Å². The summed E-state index contributed by atoms with van der Waals surface area (Å²) in [6, 6.07) is 8.80. The topological polar surface area (TPSA) is 50.5 Å². The first kappa shape index (κ1) is 18.0. The highest BCUT2D eigenvalue weighted by Crippen LogP contribution is 2.26. The monoisotopic (exact) mass is 343 g/mol. The average molecular weight is 343 g/mol. The van der Waals surface area contributed by atoms with E-state index in [4.69, 9.17) is 4.74 Å². The molecule has 1 aliphatic carbocycles.